The summed E-state index contributed by atoms with van der Waals surface area (Å²) in [7, 11) is -2.37. The lowest BCUT2D eigenvalue weighted by molar-refractivity contribution is -0.137. The summed E-state index contributed by atoms with van der Waals surface area (Å²) >= 11 is 5.95. The Kier molecular flexibility index (Phi) is 7.06. The first-order valence-corrected chi connectivity index (χ1v) is 11.6. The van der Waals surface area contributed by atoms with E-state index in [0.717, 1.165) is 18.2 Å². The molecular weight excluding hydrogens is 469 g/mol. The Labute approximate surface area is 189 Å². The molecule has 3 rings (SSSR count). The molecule has 0 bridgehead atoms. The van der Waals surface area contributed by atoms with Crippen molar-refractivity contribution in [1.82, 2.24) is 4.31 Å². The topological polar surface area (TPSA) is 75.7 Å². The molecule has 1 fully saturated rings. The fourth-order valence-corrected chi connectivity index (χ4v) is 5.34. The molecule has 0 unspecified atom stereocenters. The van der Waals surface area contributed by atoms with E-state index in [0.29, 0.717) is 24.2 Å². The van der Waals surface area contributed by atoms with Gasteiger partial charge in [0.2, 0.25) is 15.9 Å². The maximum atomic E-state index is 13.1. The Bertz CT molecular complexity index is 1120. The summed E-state index contributed by atoms with van der Waals surface area (Å²) in [6.45, 7) is 1.88. The number of ether oxygens (including phenoxy) is 1. The van der Waals surface area contributed by atoms with Crippen molar-refractivity contribution in [1.29, 1.82) is 0 Å². The highest BCUT2D eigenvalue weighted by molar-refractivity contribution is 7.89. The quantitative estimate of drug-likeness (QED) is 0.658. The molecule has 0 radical (unpaired) electrons. The number of aryl methyl sites for hydroxylation is 1. The van der Waals surface area contributed by atoms with Crippen molar-refractivity contribution in [3.8, 4) is 5.75 Å². The molecule has 2 aromatic carbocycles. The average Bonchev–Trinajstić information content (AvgIpc) is 2.74. The van der Waals surface area contributed by atoms with Crippen LogP contribution in [0.2, 0.25) is 5.02 Å². The van der Waals surface area contributed by atoms with Gasteiger partial charge in [-0.2, -0.15) is 17.5 Å². The predicted octanol–water partition coefficient (Wildman–Crippen LogP) is 4.72. The second-order valence-corrected chi connectivity index (χ2v) is 9.86. The Morgan fingerprint density at radius 2 is 1.94 bits per heavy atom. The van der Waals surface area contributed by atoms with Gasteiger partial charge in [0.05, 0.1) is 34.2 Å². The van der Waals surface area contributed by atoms with Crippen molar-refractivity contribution in [2.45, 2.75) is 30.8 Å². The number of methoxy groups -OCH3 is 1. The van der Waals surface area contributed by atoms with E-state index in [1.54, 1.807) is 13.0 Å². The number of benzene rings is 2. The van der Waals surface area contributed by atoms with Crippen LogP contribution in [0.15, 0.2) is 41.3 Å². The van der Waals surface area contributed by atoms with Crippen LogP contribution in [-0.2, 0) is 21.0 Å². The summed E-state index contributed by atoms with van der Waals surface area (Å²) < 4.78 is 71.5. The highest BCUT2D eigenvalue weighted by atomic mass is 35.5. The molecule has 1 aliphatic heterocycles. The number of anilines is 1. The van der Waals surface area contributed by atoms with E-state index in [4.69, 9.17) is 16.3 Å². The SMILES string of the molecule is COc1ccc(S(=O)(=O)N2CCC[C@@H](C(=O)Nc3cc(C(F)(F)F)ccc3Cl)C2)cc1C. The van der Waals surface area contributed by atoms with Crippen molar-refractivity contribution in [2.24, 2.45) is 5.92 Å². The van der Waals surface area contributed by atoms with E-state index in [-0.39, 0.29) is 28.7 Å². The van der Waals surface area contributed by atoms with Crippen LogP contribution in [0.3, 0.4) is 0 Å². The number of alkyl halides is 3. The van der Waals surface area contributed by atoms with Crippen molar-refractivity contribution in [3.05, 3.63) is 52.5 Å². The predicted molar refractivity (Wildman–Crippen MR) is 114 cm³/mol. The minimum Gasteiger partial charge on any atom is -0.496 e. The zero-order valence-electron chi connectivity index (χ0n) is 17.4. The van der Waals surface area contributed by atoms with Gasteiger partial charge in [0.25, 0.3) is 0 Å². The van der Waals surface area contributed by atoms with Crippen LogP contribution >= 0.6 is 11.6 Å². The molecule has 0 aromatic heterocycles. The van der Waals surface area contributed by atoms with Gasteiger partial charge in [0, 0.05) is 13.1 Å². The molecule has 11 heteroatoms. The largest absolute Gasteiger partial charge is 0.496 e. The average molecular weight is 491 g/mol. The number of sulfonamides is 1. The minimum absolute atomic E-state index is 0.0413. The maximum Gasteiger partial charge on any atom is 0.416 e. The van der Waals surface area contributed by atoms with Crippen molar-refractivity contribution in [2.75, 3.05) is 25.5 Å². The van der Waals surface area contributed by atoms with Gasteiger partial charge in [0.1, 0.15) is 5.75 Å². The summed E-state index contributed by atoms with van der Waals surface area (Å²) in [4.78, 5) is 12.8. The summed E-state index contributed by atoms with van der Waals surface area (Å²) in [5.74, 6) is -0.765. The molecule has 2 aromatic rings. The first-order chi connectivity index (χ1) is 14.9. The molecule has 1 amide bonds. The van der Waals surface area contributed by atoms with Crippen molar-refractivity contribution >= 4 is 33.2 Å². The third kappa shape index (κ3) is 5.19. The van der Waals surface area contributed by atoms with Crippen molar-refractivity contribution < 1.29 is 31.1 Å². The Balaban J connectivity index is 1.77. The Morgan fingerprint density at radius 3 is 2.56 bits per heavy atom. The molecule has 1 N–H and O–H groups in total. The van der Waals surface area contributed by atoms with E-state index < -0.39 is 33.6 Å². The van der Waals surface area contributed by atoms with Gasteiger partial charge >= 0.3 is 6.18 Å². The smallest absolute Gasteiger partial charge is 0.416 e. The fraction of sp³-hybridized carbons (Fsp3) is 0.381. The van der Waals surface area contributed by atoms with Crippen LogP contribution in [-0.4, -0.2) is 38.8 Å². The number of piperidine rings is 1. The lowest BCUT2D eigenvalue weighted by Gasteiger charge is -2.31. The molecule has 32 heavy (non-hydrogen) atoms. The zero-order valence-corrected chi connectivity index (χ0v) is 18.9. The first kappa shape index (κ1) is 24.3. The number of hydrogen-bond acceptors (Lipinski definition) is 4. The van der Waals surface area contributed by atoms with E-state index in [1.807, 2.05) is 0 Å². The van der Waals surface area contributed by atoms with E-state index in [2.05, 4.69) is 5.32 Å². The normalized spacial score (nSPS) is 17.8. The number of amides is 1. The van der Waals surface area contributed by atoms with Gasteiger partial charge in [-0.05, 0) is 61.7 Å². The molecule has 1 aliphatic rings. The summed E-state index contributed by atoms with van der Waals surface area (Å²) in [6.07, 6.45) is -3.75. The van der Waals surface area contributed by atoms with Gasteiger partial charge in [0.15, 0.2) is 0 Å². The molecular formula is C21H22ClF3N2O4S. The third-order valence-electron chi connectivity index (χ3n) is 5.31. The number of rotatable bonds is 5. The highest BCUT2D eigenvalue weighted by Gasteiger charge is 2.35. The van der Waals surface area contributed by atoms with Crippen LogP contribution in [0.5, 0.6) is 5.75 Å². The van der Waals surface area contributed by atoms with Crippen molar-refractivity contribution in [3.63, 3.8) is 0 Å². The Hall–Kier alpha value is -2.30. The van der Waals surface area contributed by atoms with Crippen LogP contribution in [0.4, 0.5) is 18.9 Å². The molecule has 0 spiro atoms. The van der Waals surface area contributed by atoms with Crippen LogP contribution < -0.4 is 10.1 Å². The van der Waals surface area contributed by atoms with Gasteiger partial charge in [-0.25, -0.2) is 8.42 Å². The first-order valence-electron chi connectivity index (χ1n) is 9.76. The molecule has 0 saturated carbocycles. The van der Waals surface area contributed by atoms with Gasteiger partial charge in [-0.3, -0.25) is 4.79 Å². The van der Waals surface area contributed by atoms with Crippen LogP contribution in [0.25, 0.3) is 0 Å². The number of halogens is 4. The zero-order chi connectivity index (χ0) is 23.7. The molecule has 174 valence electrons. The summed E-state index contributed by atoms with van der Waals surface area (Å²) in [5.41, 5.74) is -0.462. The molecule has 1 atom stereocenters. The lowest BCUT2D eigenvalue weighted by Crippen LogP contribution is -2.43. The van der Waals surface area contributed by atoms with E-state index >= 15 is 0 Å². The number of nitrogens with zero attached hydrogens (tertiary/aromatic N) is 1. The number of nitrogens with one attached hydrogen (secondary N) is 1. The molecule has 0 aliphatic carbocycles. The Morgan fingerprint density at radius 1 is 1.22 bits per heavy atom. The number of carbonyl (C=O) groups is 1. The van der Waals surface area contributed by atoms with Crippen LogP contribution in [0.1, 0.15) is 24.0 Å². The molecule has 1 heterocycles. The standard InChI is InChI=1S/C21H22ClF3N2O4S/c1-13-10-16(6-8-19(13)31-2)32(29,30)27-9-3-4-14(12-27)20(28)26-18-11-15(21(23,24)25)5-7-17(18)22/h5-8,10-11,14H,3-4,9,12H2,1-2H3,(H,26,28)/t14-/m1/s1. The van der Waals surface area contributed by atoms with Crippen LogP contribution in [0, 0.1) is 12.8 Å². The van der Waals surface area contributed by atoms with Gasteiger partial charge < -0.3 is 10.1 Å². The number of carbonyl (C=O) groups excluding carboxylic acids is 1. The van der Waals surface area contributed by atoms with E-state index in [9.17, 15) is 26.4 Å². The highest BCUT2D eigenvalue weighted by Crippen LogP contribution is 2.34. The van der Waals surface area contributed by atoms with Gasteiger partial charge in [-0.1, -0.05) is 11.6 Å². The lowest BCUT2D eigenvalue weighted by atomic mass is 9.98. The maximum absolute atomic E-state index is 13.1. The second-order valence-electron chi connectivity index (χ2n) is 7.52. The third-order valence-corrected chi connectivity index (χ3v) is 7.50. The minimum atomic E-state index is -4.59. The molecule has 6 nitrogen and oxygen atoms in total. The summed E-state index contributed by atoms with van der Waals surface area (Å²) in [6, 6.07) is 7.14. The fourth-order valence-electron chi connectivity index (χ4n) is 3.57. The monoisotopic (exact) mass is 490 g/mol. The summed E-state index contributed by atoms with van der Waals surface area (Å²) in [5, 5.41) is 2.38. The second kappa shape index (κ2) is 9.29. The van der Waals surface area contributed by atoms with Gasteiger partial charge in [-0.15, -0.1) is 0 Å². The number of hydrogen-bond donors (Lipinski definition) is 1. The molecule has 1 saturated heterocycles. The van der Waals surface area contributed by atoms with E-state index in [1.165, 1.54) is 23.5 Å².